The van der Waals surface area contributed by atoms with Crippen molar-refractivity contribution in [3.05, 3.63) is 24.0 Å². The third-order valence-corrected chi connectivity index (χ3v) is 1.60. The maximum atomic E-state index is 5.18. The Hall–Kier alpha value is -0.720. The number of rotatable bonds is 2. The van der Waals surface area contributed by atoms with Gasteiger partial charge in [-0.25, -0.2) is 0 Å². The highest BCUT2D eigenvalue weighted by Crippen LogP contribution is 2.16. The Morgan fingerprint density at radius 3 is 3.10 bits per heavy atom. The van der Waals surface area contributed by atoms with Gasteiger partial charge in [0.05, 0.1) is 12.9 Å². The highest BCUT2D eigenvalue weighted by molar-refractivity contribution is 5.10. The molecule has 0 saturated heterocycles. The standard InChI is InChI=1S/C9H14O/c1-2-10-8-9-6-4-3-5-7-9/h3-4,8H,2,5-7H2,1H3. The highest BCUT2D eigenvalue weighted by Gasteiger charge is 1.98. The third kappa shape index (κ3) is 2.26. The summed E-state index contributed by atoms with van der Waals surface area (Å²) < 4.78 is 5.18. The molecular formula is C9H14O. The number of hydrogen-bond acceptors (Lipinski definition) is 1. The molecule has 56 valence electrons. The smallest absolute Gasteiger partial charge is 0.0845 e. The van der Waals surface area contributed by atoms with Crippen LogP contribution in [0.4, 0.5) is 0 Å². The van der Waals surface area contributed by atoms with Gasteiger partial charge in [-0.1, -0.05) is 12.2 Å². The second-order valence-electron chi connectivity index (χ2n) is 2.45. The van der Waals surface area contributed by atoms with Gasteiger partial charge in [-0.2, -0.15) is 0 Å². The summed E-state index contributed by atoms with van der Waals surface area (Å²) >= 11 is 0. The van der Waals surface area contributed by atoms with E-state index >= 15 is 0 Å². The average molecular weight is 138 g/mol. The Kier molecular flexibility index (Phi) is 3.07. The fraction of sp³-hybridized carbons (Fsp3) is 0.556. The lowest BCUT2D eigenvalue weighted by molar-refractivity contribution is 0.264. The largest absolute Gasteiger partial charge is 0.502 e. The third-order valence-electron chi connectivity index (χ3n) is 1.60. The minimum Gasteiger partial charge on any atom is -0.502 e. The lowest BCUT2D eigenvalue weighted by Crippen LogP contribution is -1.89. The van der Waals surface area contributed by atoms with Gasteiger partial charge in [-0.05, 0) is 31.8 Å². The molecule has 0 aromatic carbocycles. The van der Waals surface area contributed by atoms with Crippen LogP contribution in [-0.2, 0) is 4.74 Å². The first-order chi connectivity index (χ1) is 4.93. The summed E-state index contributed by atoms with van der Waals surface area (Å²) in [7, 11) is 0. The number of hydrogen-bond donors (Lipinski definition) is 0. The first kappa shape index (κ1) is 7.39. The number of allylic oxidation sites excluding steroid dienone is 3. The second-order valence-corrected chi connectivity index (χ2v) is 2.45. The molecule has 1 rings (SSSR count). The van der Waals surface area contributed by atoms with E-state index < -0.39 is 0 Å². The Morgan fingerprint density at radius 2 is 2.50 bits per heavy atom. The first-order valence-electron chi connectivity index (χ1n) is 3.88. The minimum atomic E-state index is 0.785. The summed E-state index contributed by atoms with van der Waals surface area (Å²) in [6.45, 7) is 2.79. The van der Waals surface area contributed by atoms with Crippen LogP contribution in [0.2, 0.25) is 0 Å². The second kappa shape index (κ2) is 4.15. The van der Waals surface area contributed by atoms with E-state index in [2.05, 4.69) is 12.2 Å². The van der Waals surface area contributed by atoms with Crippen LogP contribution >= 0.6 is 0 Å². The average Bonchev–Trinajstić information content (AvgIpc) is 2.03. The van der Waals surface area contributed by atoms with E-state index in [-0.39, 0.29) is 0 Å². The van der Waals surface area contributed by atoms with E-state index in [1.54, 1.807) is 0 Å². The van der Waals surface area contributed by atoms with Crippen molar-refractivity contribution >= 4 is 0 Å². The Labute approximate surface area is 62.4 Å². The number of ether oxygens (including phenoxy) is 1. The molecule has 0 amide bonds. The molecule has 0 aliphatic heterocycles. The molecule has 1 heteroatoms. The zero-order valence-electron chi connectivity index (χ0n) is 6.47. The summed E-state index contributed by atoms with van der Waals surface area (Å²) in [5.41, 5.74) is 1.42. The van der Waals surface area contributed by atoms with Gasteiger partial charge in [-0.3, -0.25) is 0 Å². The van der Waals surface area contributed by atoms with E-state index in [1.807, 2.05) is 13.2 Å². The predicted molar refractivity (Wildman–Crippen MR) is 42.7 cm³/mol. The van der Waals surface area contributed by atoms with Crippen LogP contribution in [0.5, 0.6) is 0 Å². The quantitative estimate of drug-likeness (QED) is 0.421. The van der Waals surface area contributed by atoms with E-state index in [4.69, 9.17) is 4.74 Å². The fourth-order valence-electron chi connectivity index (χ4n) is 1.03. The molecule has 0 saturated carbocycles. The monoisotopic (exact) mass is 138 g/mol. The SMILES string of the molecule is CCOC=C1CC=CCC1. The molecule has 1 nitrogen and oxygen atoms in total. The lowest BCUT2D eigenvalue weighted by atomic mass is 10.0. The van der Waals surface area contributed by atoms with Gasteiger partial charge < -0.3 is 4.74 Å². The zero-order chi connectivity index (χ0) is 7.23. The molecule has 0 bridgehead atoms. The van der Waals surface area contributed by atoms with Crippen LogP contribution in [0.1, 0.15) is 26.2 Å². The zero-order valence-corrected chi connectivity index (χ0v) is 6.47. The summed E-state index contributed by atoms with van der Waals surface area (Å²) in [6, 6.07) is 0. The van der Waals surface area contributed by atoms with Crippen LogP contribution in [0, 0.1) is 0 Å². The molecule has 0 radical (unpaired) electrons. The molecule has 0 fully saturated rings. The molecule has 0 aromatic heterocycles. The van der Waals surface area contributed by atoms with Crippen molar-refractivity contribution in [1.29, 1.82) is 0 Å². The van der Waals surface area contributed by atoms with Crippen molar-refractivity contribution in [2.24, 2.45) is 0 Å². The highest BCUT2D eigenvalue weighted by atomic mass is 16.5. The van der Waals surface area contributed by atoms with Crippen LogP contribution in [0.15, 0.2) is 24.0 Å². The summed E-state index contributed by atoms with van der Waals surface area (Å²) in [5, 5.41) is 0. The van der Waals surface area contributed by atoms with Gasteiger partial charge >= 0.3 is 0 Å². The first-order valence-corrected chi connectivity index (χ1v) is 3.88. The predicted octanol–water partition coefficient (Wildman–Crippen LogP) is 2.65. The van der Waals surface area contributed by atoms with Crippen molar-refractivity contribution in [2.45, 2.75) is 26.2 Å². The molecule has 1 aliphatic rings. The van der Waals surface area contributed by atoms with Crippen LogP contribution in [-0.4, -0.2) is 6.61 Å². The molecule has 1 aliphatic carbocycles. The van der Waals surface area contributed by atoms with Gasteiger partial charge in [-0.15, -0.1) is 0 Å². The van der Waals surface area contributed by atoms with Crippen LogP contribution in [0.3, 0.4) is 0 Å². The Bertz CT molecular complexity index is 145. The molecule has 0 heterocycles. The maximum Gasteiger partial charge on any atom is 0.0845 e. The van der Waals surface area contributed by atoms with Crippen LogP contribution in [0.25, 0.3) is 0 Å². The maximum absolute atomic E-state index is 5.18. The normalized spacial score (nSPS) is 21.5. The summed E-state index contributed by atoms with van der Waals surface area (Å²) in [5.74, 6) is 0. The topological polar surface area (TPSA) is 9.23 Å². The lowest BCUT2D eigenvalue weighted by Gasteiger charge is -2.07. The molecule has 0 unspecified atom stereocenters. The van der Waals surface area contributed by atoms with E-state index in [0.717, 1.165) is 13.0 Å². The summed E-state index contributed by atoms with van der Waals surface area (Å²) in [4.78, 5) is 0. The van der Waals surface area contributed by atoms with Crippen molar-refractivity contribution in [2.75, 3.05) is 6.61 Å². The molecule has 0 aromatic rings. The molecule has 10 heavy (non-hydrogen) atoms. The van der Waals surface area contributed by atoms with Gasteiger partial charge in [0.25, 0.3) is 0 Å². The Balaban J connectivity index is 2.33. The van der Waals surface area contributed by atoms with Gasteiger partial charge in [0.2, 0.25) is 0 Å². The van der Waals surface area contributed by atoms with E-state index in [0.29, 0.717) is 0 Å². The molecule has 0 atom stereocenters. The van der Waals surface area contributed by atoms with E-state index in [1.165, 1.54) is 18.4 Å². The van der Waals surface area contributed by atoms with Crippen LogP contribution < -0.4 is 0 Å². The van der Waals surface area contributed by atoms with E-state index in [9.17, 15) is 0 Å². The van der Waals surface area contributed by atoms with Crippen molar-refractivity contribution in [1.82, 2.24) is 0 Å². The van der Waals surface area contributed by atoms with Gasteiger partial charge in [0.1, 0.15) is 0 Å². The van der Waals surface area contributed by atoms with Crippen molar-refractivity contribution in [3.63, 3.8) is 0 Å². The minimum absolute atomic E-state index is 0.785. The molecule has 0 N–H and O–H groups in total. The summed E-state index contributed by atoms with van der Waals surface area (Å²) in [6.07, 6.45) is 9.77. The van der Waals surface area contributed by atoms with Gasteiger partial charge in [0, 0.05) is 0 Å². The Morgan fingerprint density at radius 1 is 1.60 bits per heavy atom. The van der Waals surface area contributed by atoms with Crippen molar-refractivity contribution in [3.8, 4) is 0 Å². The van der Waals surface area contributed by atoms with Gasteiger partial charge in [0.15, 0.2) is 0 Å². The fourth-order valence-corrected chi connectivity index (χ4v) is 1.03. The van der Waals surface area contributed by atoms with Crippen molar-refractivity contribution < 1.29 is 4.74 Å². The molecule has 0 spiro atoms. The molecular weight excluding hydrogens is 124 g/mol.